The highest BCUT2D eigenvalue weighted by Crippen LogP contribution is 2.16. The summed E-state index contributed by atoms with van der Waals surface area (Å²) in [4.78, 5) is 25.9. The number of carboxylic acids is 1. The van der Waals surface area contributed by atoms with Crippen molar-refractivity contribution < 1.29 is 14.7 Å². The maximum Gasteiger partial charge on any atom is 0.319 e. The van der Waals surface area contributed by atoms with E-state index in [0.29, 0.717) is 18.9 Å². The molecule has 0 aliphatic carbocycles. The summed E-state index contributed by atoms with van der Waals surface area (Å²) in [6.07, 6.45) is 2.89. The van der Waals surface area contributed by atoms with E-state index in [-0.39, 0.29) is 12.5 Å². The molecule has 1 rings (SSSR count). The molecule has 0 aromatic carbocycles. The molecule has 1 atom stereocenters. The van der Waals surface area contributed by atoms with E-state index in [4.69, 9.17) is 5.11 Å². The number of carboxylic acid groups (broad SMARTS) is 1. The van der Waals surface area contributed by atoms with Gasteiger partial charge in [0.25, 0.3) is 0 Å². The van der Waals surface area contributed by atoms with E-state index in [0.717, 1.165) is 19.5 Å². The average molecular weight is 242 g/mol. The average Bonchev–Trinajstić information content (AvgIpc) is 2.27. The lowest BCUT2D eigenvalue weighted by Crippen LogP contribution is -2.46. The Balaban J connectivity index is 2.32. The predicted octanol–water partition coefficient (Wildman–Crippen LogP) is 1.63. The quantitative estimate of drug-likeness (QED) is 0.815. The maximum atomic E-state index is 12.0. The van der Waals surface area contributed by atoms with Crippen molar-refractivity contribution in [1.29, 1.82) is 0 Å². The van der Waals surface area contributed by atoms with E-state index in [2.05, 4.69) is 6.92 Å². The van der Waals surface area contributed by atoms with Gasteiger partial charge in [-0.1, -0.05) is 6.92 Å². The monoisotopic (exact) mass is 242 g/mol. The molecule has 1 aliphatic heterocycles. The SMILES string of the molecule is CC1CCCN(C(=O)N(C)CCCC(=O)O)C1. The largest absolute Gasteiger partial charge is 0.481 e. The van der Waals surface area contributed by atoms with E-state index < -0.39 is 5.97 Å². The van der Waals surface area contributed by atoms with Crippen molar-refractivity contribution in [3.63, 3.8) is 0 Å². The van der Waals surface area contributed by atoms with Crippen LogP contribution in [0.5, 0.6) is 0 Å². The maximum absolute atomic E-state index is 12.0. The second kappa shape index (κ2) is 6.47. The molecular weight excluding hydrogens is 220 g/mol. The molecule has 0 aromatic rings. The zero-order valence-electron chi connectivity index (χ0n) is 10.7. The highest BCUT2D eigenvalue weighted by Gasteiger charge is 2.23. The molecule has 0 spiro atoms. The van der Waals surface area contributed by atoms with E-state index >= 15 is 0 Å². The first kappa shape index (κ1) is 13.8. The van der Waals surface area contributed by atoms with Gasteiger partial charge in [-0.3, -0.25) is 4.79 Å². The summed E-state index contributed by atoms with van der Waals surface area (Å²) in [6.45, 7) is 4.31. The van der Waals surface area contributed by atoms with E-state index in [9.17, 15) is 9.59 Å². The third-order valence-electron chi connectivity index (χ3n) is 3.14. The van der Waals surface area contributed by atoms with Crippen LogP contribution in [0.15, 0.2) is 0 Å². The van der Waals surface area contributed by atoms with Gasteiger partial charge >= 0.3 is 12.0 Å². The fraction of sp³-hybridized carbons (Fsp3) is 0.833. The number of hydrogen-bond donors (Lipinski definition) is 1. The third-order valence-corrected chi connectivity index (χ3v) is 3.14. The molecule has 17 heavy (non-hydrogen) atoms. The molecule has 0 radical (unpaired) electrons. The number of urea groups is 1. The summed E-state index contributed by atoms with van der Waals surface area (Å²) in [5.41, 5.74) is 0. The smallest absolute Gasteiger partial charge is 0.319 e. The first-order chi connectivity index (χ1) is 8.00. The number of amides is 2. The molecule has 98 valence electrons. The molecule has 0 aromatic heterocycles. The van der Waals surface area contributed by atoms with Gasteiger partial charge in [-0.05, 0) is 25.2 Å². The van der Waals surface area contributed by atoms with Gasteiger partial charge in [0.05, 0.1) is 0 Å². The minimum Gasteiger partial charge on any atom is -0.481 e. The summed E-state index contributed by atoms with van der Waals surface area (Å²) < 4.78 is 0. The predicted molar refractivity (Wildman–Crippen MR) is 64.9 cm³/mol. The molecule has 5 heteroatoms. The molecule has 2 amide bonds. The standard InChI is InChI=1S/C12H22N2O3/c1-10-5-3-8-14(9-10)12(17)13(2)7-4-6-11(15)16/h10H,3-9H2,1-2H3,(H,15,16). The van der Waals surface area contributed by atoms with Gasteiger partial charge in [-0.2, -0.15) is 0 Å². The summed E-state index contributed by atoms with van der Waals surface area (Å²) in [5.74, 6) is -0.238. The molecule has 1 fully saturated rings. The Morgan fingerprint density at radius 2 is 2.18 bits per heavy atom. The minimum absolute atomic E-state index is 0.0296. The zero-order valence-corrected chi connectivity index (χ0v) is 10.7. The van der Waals surface area contributed by atoms with Crippen LogP contribution in [0.1, 0.15) is 32.6 Å². The minimum atomic E-state index is -0.808. The molecule has 1 N–H and O–H groups in total. The van der Waals surface area contributed by atoms with Crippen molar-refractivity contribution in [2.75, 3.05) is 26.7 Å². The summed E-state index contributed by atoms with van der Waals surface area (Å²) >= 11 is 0. The topological polar surface area (TPSA) is 60.9 Å². The zero-order chi connectivity index (χ0) is 12.8. The van der Waals surface area contributed by atoms with Crippen LogP contribution in [0.3, 0.4) is 0 Å². The Morgan fingerprint density at radius 1 is 1.47 bits per heavy atom. The second-order valence-electron chi connectivity index (χ2n) is 4.89. The molecule has 1 aliphatic rings. The lowest BCUT2D eigenvalue weighted by atomic mass is 10.0. The highest BCUT2D eigenvalue weighted by molar-refractivity contribution is 5.74. The van der Waals surface area contributed by atoms with E-state index in [1.807, 2.05) is 4.90 Å². The van der Waals surface area contributed by atoms with E-state index in [1.165, 1.54) is 6.42 Å². The van der Waals surface area contributed by atoms with Gasteiger partial charge in [0.1, 0.15) is 0 Å². The molecule has 0 bridgehead atoms. The van der Waals surface area contributed by atoms with Crippen molar-refractivity contribution >= 4 is 12.0 Å². The van der Waals surface area contributed by atoms with Crippen molar-refractivity contribution in [2.45, 2.75) is 32.6 Å². The Hall–Kier alpha value is -1.26. The van der Waals surface area contributed by atoms with Crippen molar-refractivity contribution in [1.82, 2.24) is 9.80 Å². The van der Waals surface area contributed by atoms with Crippen molar-refractivity contribution in [3.05, 3.63) is 0 Å². The highest BCUT2D eigenvalue weighted by atomic mass is 16.4. The molecule has 1 heterocycles. The van der Waals surface area contributed by atoms with Crippen molar-refractivity contribution in [3.8, 4) is 0 Å². The van der Waals surface area contributed by atoms with Gasteiger partial charge in [-0.15, -0.1) is 0 Å². The van der Waals surface area contributed by atoms with Gasteiger partial charge in [-0.25, -0.2) is 4.79 Å². The lowest BCUT2D eigenvalue weighted by Gasteiger charge is -2.34. The third kappa shape index (κ3) is 4.63. The van der Waals surface area contributed by atoms with Crippen LogP contribution in [0.4, 0.5) is 4.79 Å². The Bertz CT molecular complexity index is 281. The lowest BCUT2D eigenvalue weighted by molar-refractivity contribution is -0.137. The van der Waals surface area contributed by atoms with Crippen LogP contribution in [-0.4, -0.2) is 53.6 Å². The number of hydrogen-bond acceptors (Lipinski definition) is 2. The molecule has 1 unspecified atom stereocenters. The first-order valence-corrected chi connectivity index (χ1v) is 6.22. The number of aliphatic carboxylic acids is 1. The summed E-state index contributed by atoms with van der Waals surface area (Å²) in [6, 6.07) is 0.0296. The van der Waals surface area contributed by atoms with Crippen LogP contribution >= 0.6 is 0 Å². The van der Waals surface area contributed by atoms with Gasteiger partial charge in [0.15, 0.2) is 0 Å². The van der Waals surface area contributed by atoms with Crippen LogP contribution in [0.2, 0.25) is 0 Å². The Morgan fingerprint density at radius 3 is 2.76 bits per heavy atom. The van der Waals surface area contributed by atoms with Gasteiger partial charge in [0.2, 0.25) is 0 Å². The second-order valence-corrected chi connectivity index (χ2v) is 4.89. The van der Waals surface area contributed by atoms with Gasteiger partial charge in [0, 0.05) is 33.1 Å². The Kier molecular flexibility index (Phi) is 5.25. The fourth-order valence-corrected chi connectivity index (χ4v) is 2.17. The number of piperidine rings is 1. The van der Waals surface area contributed by atoms with Crippen LogP contribution in [0.25, 0.3) is 0 Å². The molecule has 0 saturated carbocycles. The van der Waals surface area contributed by atoms with E-state index in [1.54, 1.807) is 11.9 Å². The number of carbonyl (C=O) groups is 2. The molecule has 1 saturated heterocycles. The first-order valence-electron chi connectivity index (χ1n) is 6.22. The summed E-state index contributed by atoms with van der Waals surface area (Å²) in [5, 5.41) is 8.53. The molecular formula is C12H22N2O3. The summed E-state index contributed by atoms with van der Waals surface area (Å²) in [7, 11) is 1.74. The number of carbonyl (C=O) groups excluding carboxylic acids is 1. The van der Waals surface area contributed by atoms with Crippen LogP contribution in [-0.2, 0) is 4.79 Å². The van der Waals surface area contributed by atoms with Crippen molar-refractivity contribution in [2.24, 2.45) is 5.92 Å². The molecule has 5 nitrogen and oxygen atoms in total. The Labute approximate surface area is 102 Å². The number of likely N-dealkylation sites (tertiary alicyclic amines) is 1. The van der Waals surface area contributed by atoms with Gasteiger partial charge < -0.3 is 14.9 Å². The normalized spacial score (nSPS) is 20.1. The number of rotatable bonds is 4. The fourth-order valence-electron chi connectivity index (χ4n) is 2.17. The number of nitrogens with zero attached hydrogens (tertiary/aromatic N) is 2. The van der Waals surface area contributed by atoms with Crippen LogP contribution < -0.4 is 0 Å². The van der Waals surface area contributed by atoms with Crippen LogP contribution in [0, 0.1) is 5.92 Å².